The largest absolute Gasteiger partial charge is 0.380 e. The van der Waals surface area contributed by atoms with Crippen LogP contribution in [-0.4, -0.2) is 40.0 Å². The molecular weight excluding hydrogens is 496 g/mol. The summed E-state index contributed by atoms with van der Waals surface area (Å²) in [6, 6.07) is 13.8. The first-order chi connectivity index (χ1) is 19.0. The number of rotatable bonds is 6. The predicted octanol–water partition coefficient (Wildman–Crippen LogP) is 7.01. The number of pyridine rings is 2. The van der Waals surface area contributed by atoms with Crippen molar-refractivity contribution in [2.45, 2.75) is 77.2 Å². The Morgan fingerprint density at radius 1 is 1.05 bits per heavy atom. The quantitative estimate of drug-likeness (QED) is 0.367. The average molecular weight is 539 g/mol. The first kappa shape index (κ1) is 27.9. The molecule has 1 atom stereocenters. The molecule has 0 aliphatic heterocycles. The van der Waals surface area contributed by atoms with E-state index in [9.17, 15) is 9.59 Å². The van der Waals surface area contributed by atoms with Crippen molar-refractivity contribution in [3.63, 3.8) is 0 Å². The fraction of sp³-hybridized carbons (Fsp3) is 0.441. The summed E-state index contributed by atoms with van der Waals surface area (Å²) in [5.41, 5.74) is 7.23. The molecule has 6 heteroatoms. The standard InChI is InChI=1S/C34H42N4O2/c1-22-27(19-23-7-9-24(10-8-23)25-11-13-26(14-12-25)33(40)37(5)6)20-29-30(15-17-35-32(22)29)38-18-16-28(21-31(38)39)36-34(2,3)4/h11-18,20-24,36H,7-10,19H2,1-6H3. The lowest BCUT2D eigenvalue weighted by molar-refractivity contribution is 0.0827. The number of hydrogen-bond acceptors (Lipinski definition) is 4. The number of amides is 1. The van der Waals surface area contributed by atoms with E-state index in [0.717, 1.165) is 34.6 Å². The zero-order valence-electron chi connectivity index (χ0n) is 24.7. The minimum atomic E-state index is -0.111. The van der Waals surface area contributed by atoms with Crippen LogP contribution in [0, 0.1) is 5.92 Å². The Kier molecular flexibility index (Phi) is 7.72. The summed E-state index contributed by atoms with van der Waals surface area (Å²) in [6.45, 7) is 8.50. The number of anilines is 1. The van der Waals surface area contributed by atoms with Gasteiger partial charge in [0.1, 0.15) is 0 Å². The molecule has 1 N–H and O–H groups in total. The number of fused-ring (bicyclic) bond motifs is 1. The highest BCUT2D eigenvalue weighted by molar-refractivity contribution is 5.93. The molecule has 1 fully saturated rings. The van der Waals surface area contributed by atoms with Gasteiger partial charge >= 0.3 is 0 Å². The van der Waals surface area contributed by atoms with Crippen LogP contribution in [0.2, 0.25) is 0 Å². The predicted molar refractivity (Wildman–Crippen MR) is 163 cm³/mol. The summed E-state index contributed by atoms with van der Waals surface area (Å²) < 4.78 is 1.74. The normalized spacial score (nSPS) is 20.6. The van der Waals surface area contributed by atoms with E-state index < -0.39 is 0 Å². The monoisotopic (exact) mass is 538 g/mol. The Bertz CT molecular complexity index is 1470. The number of carbonyl (C=O) groups is 1. The molecule has 40 heavy (non-hydrogen) atoms. The second kappa shape index (κ2) is 11.1. The Morgan fingerprint density at radius 3 is 2.38 bits per heavy atom. The molecule has 2 aromatic heterocycles. The highest BCUT2D eigenvalue weighted by atomic mass is 16.2. The van der Waals surface area contributed by atoms with Gasteiger partial charge in [-0.05, 0) is 94.5 Å². The van der Waals surface area contributed by atoms with E-state index in [4.69, 9.17) is 4.98 Å². The highest BCUT2D eigenvalue weighted by Gasteiger charge is 2.29. The van der Waals surface area contributed by atoms with E-state index in [1.165, 1.54) is 36.8 Å². The Balaban J connectivity index is 1.27. The van der Waals surface area contributed by atoms with E-state index in [1.807, 2.05) is 36.7 Å². The summed E-state index contributed by atoms with van der Waals surface area (Å²) in [6.07, 6.45) is 11.8. The number of hydrogen-bond donors (Lipinski definition) is 1. The van der Waals surface area contributed by atoms with Gasteiger partial charge in [0, 0.05) is 60.8 Å². The van der Waals surface area contributed by atoms with Gasteiger partial charge < -0.3 is 10.2 Å². The number of nitrogens with zero attached hydrogens (tertiary/aromatic N) is 3. The van der Waals surface area contributed by atoms with Crippen molar-refractivity contribution >= 4 is 17.7 Å². The number of aromatic nitrogens is 2. The van der Waals surface area contributed by atoms with E-state index in [-0.39, 0.29) is 22.9 Å². The molecule has 0 saturated heterocycles. The van der Waals surface area contributed by atoms with Crippen LogP contribution in [0.5, 0.6) is 0 Å². The maximum atomic E-state index is 13.1. The third kappa shape index (κ3) is 5.91. The third-order valence-electron chi connectivity index (χ3n) is 8.40. The molecule has 5 rings (SSSR count). The number of benzene rings is 1. The van der Waals surface area contributed by atoms with E-state index >= 15 is 0 Å². The van der Waals surface area contributed by atoms with Crippen molar-refractivity contribution in [1.29, 1.82) is 0 Å². The molecule has 1 unspecified atom stereocenters. The lowest BCUT2D eigenvalue weighted by Crippen LogP contribution is -2.27. The van der Waals surface area contributed by atoms with Crippen LogP contribution in [0.15, 0.2) is 65.2 Å². The summed E-state index contributed by atoms with van der Waals surface area (Å²) in [5.74, 6) is 1.52. The van der Waals surface area contributed by atoms with Crippen LogP contribution in [0.3, 0.4) is 0 Å². The number of allylic oxidation sites excluding steroid dienone is 1. The summed E-state index contributed by atoms with van der Waals surface area (Å²) in [7, 11) is 3.58. The van der Waals surface area contributed by atoms with E-state index in [1.54, 1.807) is 29.6 Å². The van der Waals surface area contributed by atoms with Gasteiger partial charge in [0.2, 0.25) is 0 Å². The number of carbonyl (C=O) groups excluding carboxylic acids is 1. The van der Waals surface area contributed by atoms with Crippen molar-refractivity contribution in [2.75, 3.05) is 19.4 Å². The van der Waals surface area contributed by atoms with Crippen molar-refractivity contribution < 1.29 is 4.79 Å². The number of nitrogens with one attached hydrogen (secondary N) is 1. The van der Waals surface area contributed by atoms with Gasteiger partial charge in [0.15, 0.2) is 0 Å². The first-order valence-electron chi connectivity index (χ1n) is 14.5. The zero-order chi connectivity index (χ0) is 28.6. The topological polar surface area (TPSA) is 67.2 Å². The molecule has 210 valence electrons. The SMILES string of the molecule is CC1C(CC2CCC(c3ccc(C(=O)N(C)C)cc3)CC2)=Cc2c(-n3ccc(NC(C)(C)C)cc3=O)ccnc21. The lowest BCUT2D eigenvalue weighted by atomic mass is 9.75. The smallest absolute Gasteiger partial charge is 0.257 e. The Hall–Kier alpha value is -3.67. The maximum absolute atomic E-state index is 13.1. The molecule has 2 aliphatic rings. The van der Waals surface area contributed by atoms with E-state index in [0.29, 0.717) is 11.8 Å². The fourth-order valence-electron chi connectivity index (χ4n) is 6.28. The Morgan fingerprint density at radius 2 is 1.75 bits per heavy atom. The molecule has 1 amide bonds. The van der Waals surface area contributed by atoms with Crippen LogP contribution in [-0.2, 0) is 0 Å². The maximum Gasteiger partial charge on any atom is 0.257 e. The zero-order valence-corrected chi connectivity index (χ0v) is 24.7. The first-order valence-corrected chi connectivity index (χ1v) is 14.5. The van der Waals surface area contributed by atoms with Gasteiger partial charge in [0.25, 0.3) is 11.5 Å². The molecule has 1 saturated carbocycles. The van der Waals surface area contributed by atoms with Crippen molar-refractivity contribution in [3.8, 4) is 5.69 Å². The molecular formula is C34H42N4O2. The van der Waals surface area contributed by atoms with Gasteiger partial charge in [-0.25, -0.2) is 0 Å². The average Bonchev–Trinajstić information content (AvgIpc) is 3.23. The molecule has 1 aromatic carbocycles. The van der Waals surface area contributed by atoms with Gasteiger partial charge in [-0.2, -0.15) is 0 Å². The van der Waals surface area contributed by atoms with Crippen molar-refractivity contribution in [3.05, 3.63) is 93.2 Å². The minimum absolute atomic E-state index is 0.0467. The van der Waals surface area contributed by atoms with Gasteiger partial charge in [-0.1, -0.05) is 30.7 Å². The Labute approximate surface area is 238 Å². The second-order valence-electron chi connectivity index (χ2n) is 12.8. The van der Waals surface area contributed by atoms with Crippen LogP contribution < -0.4 is 10.9 Å². The van der Waals surface area contributed by atoms with Crippen molar-refractivity contribution in [1.82, 2.24) is 14.5 Å². The fourth-order valence-corrected chi connectivity index (χ4v) is 6.28. The van der Waals surface area contributed by atoms with Crippen LogP contribution in [0.4, 0.5) is 5.69 Å². The van der Waals surface area contributed by atoms with Crippen LogP contribution in [0.25, 0.3) is 11.8 Å². The van der Waals surface area contributed by atoms with Gasteiger partial charge in [0.05, 0.1) is 11.4 Å². The lowest BCUT2D eigenvalue weighted by Gasteiger charge is -2.30. The van der Waals surface area contributed by atoms with Gasteiger partial charge in [-0.3, -0.25) is 19.1 Å². The summed E-state index contributed by atoms with van der Waals surface area (Å²) in [4.78, 5) is 31.7. The molecule has 3 aromatic rings. The minimum Gasteiger partial charge on any atom is -0.380 e. The van der Waals surface area contributed by atoms with E-state index in [2.05, 4.69) is 51.2 Å². The third-order valence-corrected chi connectivity index (χ3v) is 8.40. The highest BCUT2D eigenvalue weighted by Crippen LogP contribution is 2.44. The van der Waals surface area contributed by atoms with Crippen LogP contribution in [0.1, 0.15) is 98.8 Å². The van der Waals surface area contributed by atoms with Crippen LogP contribution >= 0.6 is 0 Å². The molecule has 0 bridgehead atoms. The second-order valence-corrected chi connectivity index (χ2v) is 12.8. The molecule has 2 aliphatic carbocycles. The van der Waals surface area contributed by atoms with Crippen molar-refractivity contribution in [2.24, 2.45) is 5.92 Å². The summed E-state index contributed by atoms with van der Waals surface area (Å²) in [5, 5.41) is 3.38. The molecule has 0 spiro atoms. The summed E-state index contributed by atoms with van der Waals surface area (Å²) >= 11 is 0. The molecule has 2 heterocycles. The molecule has 0 radical (unpaired) electrons. The van der Waals surface area contributed by atoms with Gasteiger partial charge in [-0.15, -0.1) is 0 Å². The molecule has 6 nitrogen and oxygen atoms in total.